The van der Waals surface area contributed by atoms with E-state index in [4.69, 9.17) is 9.72 Å². The van der Waals surface area contributed by atoms with Crippen LogP contribution in [-0.2, 0) is 16.0 Å². The van der Waals surface area contributed by atoms with Crippen molar-refractivity contribution in [2.45, 2.75) is 54.2 Å². The van der Waals surface area contributed by atoms with Crippen molar-refractivity contribution in [3.8, 4) is 5.69 Å². The van der Waals surface area contributed by atoms with E-state index in [-0.39, 0.29) is 11.5 Å². The van der Waals surface area contributed by atoms with Crippen molar-refractivity contribution in [1.82, 2.24) is 9.55 Å². The number of aryl methyl sites for hydroxylation is 1. The standard InChI is InChI=1S/C19H22N2O3S2/c1-5-15(18(23)24-4)26-19-20-14-10-12(3)25-16(14)17(22)21(19)13-8-6-11(2)7-9-13/h6-9,12,15H,5,10H2,1-4H3. The second-order valence-corrected chi connectivity index (χ2v) is 8.94. The van der Waals surface area contributed by atoms with E-state index >= 15 is 0 Å². The second-order valence-electron chi connectivity index (χ2n) is 6.32. The Morgan fingerprint density at radius 3 is 2.73 bits per heavy atom. The highest BCUT2D eigenvalue weighted by Crippen LogP contribution is 2.36. The molecule has 0 spiro atoms. The van der Waals surface area contributed by atoms with Gasteiger partial charge >= 0.3 is 5.97 Å². The van der Waals surface area contributed by atoms with Gasteiger partial charge in [0.05, 0.1) is 23.4 Å². The van der Waals surface area contributed by atoms with Crippen LogP contribution in [0.3, 0.4) is 0 Å². The molecule has 1 aliphatic heterocycles. The highest BCUT2D eigenvalue weighted by Gasteiger charge is 2.29. The first-order valence-corrected chi connectivity index (χ1v) is 10.3. The van der Waals surface area contributed by atoms with Crippen LogP contribution in [0.25, 0.3) is 5.69 Å². The Bertz CT molecular complexity index is 878. The van der Waals surface area contributed by atoms with Gasteiger partial charge in [-0.15, -0.1) is 11.8 Å². The van der Waals surface area contributed by atoms with E-state index in [0.717, 1.165) is 23.4 Å². The fraction of sp³-hybridized carbons (Fsp3) is 0.421. The van der Waals surface area contributed by atoms with Crippen molar-refractivity contribution in [2.75, 3.05) is 7.11 Å². The summed E-state index contributed by atoms with van der Waals surface area (Å²) in [6.45, 7) is 6.03. The van der Waals surface area contributed by atoms with E-state index in [1.165, 1.54) is 18.9 Å². The number of ether oxygens (including phenoxy) is 1. The fourth-order valence-electron chi connectivity index (χ4n) is 2.86. The molecule has 2 atom stereocenters. The van der Waals surface area contributed by atoms with Gasteiger partial charge in [0.2, 0.25) is 0 Å². The summed E-state index contributed by atoms with van der Waals surface area (Å²) in [4.78, 5) is 30.7. The second kappa shape index (κ2) is 7.88. The lowest BCUT2D eigenvalue weighted by Gasteiger charge is -2.17. The van der Waals surface area contributed by atoms with Crippen molar-refractivity contribution >= 4 is 29.5 Å². The Labute approximate surface area is 161 Å². The van der Waals surface area contributed by atoms with Crippen LogP contribution >= 0.6 is 23.5 Å². The molecule has 0 amide bonds. The lowest BCUT2D eigenvalue weighted by atomic mass is 10.2. The summed E-state index contributed by atoms with van der Waals surface area (Å²) in [5, 5.41) is 0.483. The van der Waals surface area contributed by atoms with Gasteiger partial charge in [-0.2, -0.15) is 0 Å². The normalized spacial score (nSPS) is 17.0. The molecule has 5 nitrogen and oxygen atoms in total. The van der Waals surface area contributed by atoms with Gasteiger partial charge in [-0.05, 0) is 25.5 Å². The smallest absolute Gasteiger partial charge is 0.319 e. The molecule has 2 aromatic rings. The van der Waals surface area contributed by atoms with Gasteiger partial charge in [-0.25, -0.2) is 4.98 Å². The Morgan fingerprint density at radius 1 is 1.42 bits per heavy atom. The molecule has 0 saturated heterocycles. The molecule has 138 valence electrons. The van der Waals surface area contributed by atoms with Crippen LogP contribution in [0.2, 0.25) is 0 Å². The van der Waals surface area contributed by atoms with Gasteiger partial charge in [-0.3, -0.25) is 14.2 Å². The molecule has 7 heteroatoms. The van der Waals surface area contributed by atoms with Crippen LogP contribution in [-0.4, -0.2) is 33.1 Å². The molecular formula is C19H22N2O3S2. The highest BCUT2D eigenvalue weighted by molar-refractivity contribution is 8.00. The maximum absolute atomic E-state index is 13.2. The summed E-state index contributed by atoms with van der Waals surface area (Å²) >= 11 is 2.87. The zero-order valence-corrected chi connectivity index (χ0v) is 16.9. The average molecular weight is 391 g/mol. The minimum Gasteiger partial charge on any atom is -0.468 e. The number of benzene rings is 1. The number of methoxy groups -OCH3 is 1. The van der Waals surface area contributed by atoms with E-state index in [1.807, 2.05) is 38.1 Å². The highest BCUT2D eigenvalue weighted by atomic mass is 32.2. The van der Waals surface area contributed by atoms with Crippen LogP contribution < -0.4 is 5.56 Å². The van der Waals surface area contributed by atoms with Gasteiger partial charge in [0.1, 0.15) is 5.25 Å². The Hall–Kier alpha value is -1.73. The number of hydrogen-bond donors (Lipinski definition) is 0. The molecule has 3 rings (SSSR count). The molecule has 1 aliphatic rings. The molecule has 0 fully saturated rings. The molecular weight excluding hydrogens is 368 g/mol. The molecule has 0 N–H and O–H groups in total. The maximum atomic E-state index is 13.2. The van der Waals surface area contributed by atoms with Gasteiger partial charge in [0, 0.05) is 11.7 Å². The third-order valence-electron chi connectivity index (χ3n) is 4.26. The summed E-state index contributed by atoms with van der Waals surface area (Å²) in [5.41, 5.74) is 2.65. The van der Waals surface area contributed by atoms with Crippen molar-refractivity contribution < 1.29 is 9.53 Å². The number of nitrogens with zero attached hydrogens (tertiary/aromatic N) is 2. The zero-order valence-electron chi connectivity index (χ0n) is 15.3. The number of carbonyl (C=O) groups excluding carboxylic acids is 1. The van der Waals surface area contributed by atoms with Gasteiger partial charge in [0.15, 0.2) is 5.16 Å². The van der Waals surface area contributed by atoms with Crippen LogP contribution in [0.4, 0.5) is 0 Å². The number of fused-ring (bicyclic) bond motifs is 1. The Kier molecular flexibility index (Phi) is 5.77. The monoisotopic (exact) mass is 390 g/mol. The number of aromatic nitrogens is 2. The fourth-order valence-corrected chi connectivity index (χ4v) is 5.03. The van der Waals surface area contributed by atoms with E-state index in [2.05, 4.69) is 6.92 Å². The molecule has 0 bridgehead atoms. The molecule has 0 saturated carbocycles. The average Bonchev–Trinajstić information content (AvgIpc) is 3.01. The van der Waals surface area contributed by atoms with E-state index in [1.54, 1.807) is 16.3 Å². The minimum absolute atomic E-state index is 0.0598. The number of esters is 1. The third kappa shape index (κ3) is 3.69. The third-order valence-corrected chi connectivity index (χ3v) is 6.77. The van der Waals surface area contributed by atoms with Crippen molar-refractivity contribution in [2.24, 2.45) is 0 Å². The predicted octanol–water partition coefficient (Wildman–Crippen LogP) is 3.62. The van der Waals surface area contributed by atoms with Crippen LogP contribution in [0.5, 0.6) is 0 Å². The molecule has 2 heterocycles. The first-order chi connectivity index (χ1) is 12.4. The molecule has 2 unspecified atom stereocenters. The number of thioether (sulfide) groups is 2. The molecule has 0 radical (unpaired) electrons. The van der Waals surface area contributed by atoms with Crippen LogP contribution in [0.15, 0.2) is 39.1 Å². The topological polar surface area (TPSA) is 61.2 Å². The maximum Gasteiger partial charge on any atom is 0.319 e. The predicted molar refractivity (Wildman–Crippen MR) is 106 cm³/mol. The zero-order chi connectivity index (χ0) is 18.8. The van der Waals surface area contributed by atoms with Crippen molar-refractivity contribution in [3.63, 3.8) is 0 Å². The van der Waals surface area contributed by atoms with Crippen LogP contribution in [0.1, 0.15) is 31.5 Å². The summed E-state index contributed by atoms with van der Waals surface area (Å²) < 4.78 is 6.52. The molecule has 1 aromatic carbocycles. The summed E-state index contributed by atoms with van der Waals surface area (Å²) in [6, 6.07) is 7.77. The number of hydrogen-bond acceptors (Lipinski definition) is 6. The quantitative estimate of drug-likeness (QED) is 0.441. The molecule has 26 heavy (non-hydrogen) atoms. The van der Waals surface area contributed by atoms with Crippen molar-refractivity contribution in [1.29, 1.82) is 0 Å². The Balaban J connectivity index is 2.14. The lowest BCUT2D eigenvalue weighted by Crippen LogP contribution is -2.26. The first-order valence-electron chi connectivity index (χ1n) is 8.58. The number of carbonyl (C=O) groups is 1. The first kappa shape index (κ1) is 19.0. The summed E-state index contributed by atoms with van der Waals surface area (Å²) in [5.74, 6) is -0.301. The molecule has 0 aliphatic carbocycles. The van der Waals surface area contributed by atoms with Gasteiger partial charge in [0.25, 0.3) is 5.56 Å². The largest absolute Gasteiger partial charge is 0.468 e. The summed E-state index contributed by atoms with van der Waals surface area (Å²) in [6.07, 6.45) is 1.37. The van der Waals surface area contributed by atoms with Crippen LogP contribution in [0, 0.1) is 6.92 Å². The minimum atomic E-state index is -0.395. The van der Waals surface area contributed by atoms with Gasteiger partial charge < -0.3 is 4.74 Å². The van der Waals surface area contributed by atoms with Crippen molar-refractivity contribution in [3.05, 3.63) is 45.9 Å². The van der Waals surface area contributed by atoms with E-state index in [0.29, 0.717) is 21.7 Å². The summed E-state index contributed by atoms with van der Waals surface area (Å²) in [7, 11) is 1.38. The Morgan fingerprint density at radius 2 is 2.12 bits per heavy atom. The van der Waals surface area contributed by atoms with E-state index < -0.39 is 5.25 Å². The molecule has 1 aromatic heterocycles. The number of rotatable bonds is 5. The van der Waals surface area contributed by atoms with E-state index in [9.17, 15) is 9.59 Å². The SMILES string of the molecule is CCC(Sc1nc2c(c(=O)n1-c1ccc(C)cc1)SC(C)C2)C(=O)OC. The lowest BCUT2D eigenvalue weighted by molar-refractivity contribution is -0.140. The van der Waals surface area contributed by atoms with Gasteiger partial charge in [-0.1, -0.05) is 43.3 Å².